The van der Waals surface area contributed by atoms with Gasteiger partial charge < -0.3 is 19.9 Å². The number of methoxy groups -OCH3 is 1. The summed E-state index contributed by atoms with van der Waals surface area (Å²) in [6, 6.07) is 8.07. The molecule has 0 radical (unpaired) electrons. The van der Waals surface area contributed by atoms with E-state index in [2.05, 4.69) is 6.92 Å². The minimum atomic E-state index is 0.0842. The molecular formula is C15H25NO3. The number of rotatable bonds is 10. The Bertz CT molecular complexity index is 344. The Labute approximate surface area is 115 Å². The third-order valence-electron chi connectivity index (χ3n) is 2.86. The lowest BCUT2D eigenvalue weighted by molar-refractivity contribution is 0.0644. The zero-order valence-corrected chi connectivity index (χ0v) is 11.9. The minimum absolute atomic E-state index is 0.0842. The van der Waals surface area contributed by atoms with E-state index in [-0.39, 0.29) is 6.04 Å². The first kappa shape index (κ1) is 16.0. The van der Waals surface area contributed by atoms with Crippen LogP contribution in [0.5, 0.6) is 5.75 Å². The lowest BCUT2D eigenvalue weighted by Gasteiger charge is -2.12. The van der Waals surface area contributed by atoms with E-state index in [0.29, 0.717) is 26.4 Å². The molecule has 4 nitrogen and oxygen atoms in total. The number of nitrogens with two attached hydrogens (primary N) is 1. The molecule has 0 aliphatic rings. The molecule has 0 saturated carbocycles. The molecule has 1 aromatic rings. The van der Waals surface area contributed by atoms with E-state index in [1.165, 1.54) is 0 Å². The Hall–Kier alpha value is -1.10. The van der Waals surface area contributed by atoms with Gasteiger partial charge in [0.05, 0.1) is 19.8 Å². The molecule has 1 rings (SSSR count). The molecular weight excluding hydrogens is 242 g/mol. The highest BCUT2D eigenvalue weighted by atomic mass is 16.5. The summed E-state index contributed by atoms with van der Waals surface area (Å²) in [6.45, 7) is 4.69. The molecule has 0 bridgehead atoms. The maximum absolute atomic E-state index is 6.00. The summed E-state index contributed by atoms with van der Waals surface area (Å²) in [4.78, 5) is 0. The van der Waals surface area contributed by atoms with Crippen molar-refractivity contribution in [3.05, 3.63) is 29.8 Å². The Morgan fingerprint density at radius 3 is 2.74 bits per heavy atom. The molecule has 0 fully saturated rings. The predicted molar refractivity (Wildman–Crippen MR) is 76.5 cm³/mol. The second-order valence-corrected chi connectivity index (χ2v) is 4.39. The Balaban J connectivity index is 2.22. The van der Waals surface area contributed by atoms with Crippen LogP contribution in [0.2, 0.25) is 0 Å². The molecule has 1 aromatic carbocycles. The van der Waals surface area contributed by atoms with Crippen LogP contribution in [-0.4, -0.2) is 33.5 Å². The van der Waals surface area contributed by atoms with Gasteiger partial charge in [0.1, 0.15) is 5.75 Å². The summed E-state index contributed by atoms with van der Waals surface area (Å²) in [5.41, 5.74) is 7.12. The van der Waals surface area contributed by atoms with Crippen molar-refractivity contribution in [2.75, 3.05) is 33.5 Å². The zero-order chi connectivity index (χ0) is 13.9. The summed E-state index contributed by atoms with van der Waals surface area (Å²) < 4.78 is 15.9. The van der Waals surface area contributed by atoms with Crippen molar-refractivity contribution in [2.45, 2.75) is 25.8 Å². The summed E-state index contributed by atoms with van der Waals surface area (Å²) in [6.07, 6.45) is 1.80. The van der Waals surface area contributed by atoms with Crippen LogP contribution in [0.15, 0.2) is 24.3 Å². The van der Waals surface area contributed by atoms with E-state index in [1.807, 2.05) is 24.3 Å². The number of hydrogen-bond donors (Lipinski definition) is 1. The molecule has 0 spiro atoms. The zero-order valence-electron chi connectivity index (χ0n) is 11.9. The van der Waals surface area contributed by atoms with Gasteiger partial charge in [-0.1, -0.05) is 19.1 Å². The van der Waals surface area contributed by atoms with Gasteiger partial charge in [-0.15, -0.1) is 0 Å². The van der Waals surface area contributed by atoms with Crippen LogP contribution in [0.3, 0.4) is 0 Å². The lowest BCUT2D eigenvalue weighted by atomic mass is 10.1. The molecule has 0 heterocycles. The standard InChI is InChI=1S/C15H25NO3/c1-3-15(16)13-6-4-7-14(12-13)19-9-5-8-18-11-10-17-2/h4,6-7,12,15H,3,5,8-11,16H2,1-2H3. The van der Waals surface area contributed by atoms with Crippen molar-refractivity contribution in [3.63, 3.8) is 0 Å². The minimum Gasteiger partial charge on any atom is -0.493 e. The van der Waals surface area contributed by atoms with Crippen LogP contribution < -0.4 is 10.5 Å². The van der Waals surface area contributed by atoms with Crippen LogP contribution in [0.25, 0.3) is 0 Å². The monoisotopic (exact) mass is 267 g/mol. The van der Waals surface area contributed by atoms with Crippen LogP contribution in [0.1, 0.15) is 31.4 Å². The summed E-state index contributed by atoms with van der Waals surface area (Å²) in [5.74, 6) is 0.873. The highest BCUT2D eigenvalue weighted by Crippen LogP contribution is 2.19. The maximum atomic E-state index is 6.00. The van der Waals surface area contributed by atoms with Gasteiger partial charge in [0, 0.05) is 26.2 Å². The first-order valence-electron chi connectivity index (χ1n) is 6.83. The van der Waals surface area contributed by atoms with Crippen LogP contribution >= 0.6 is 0 Å². The predicted octanol–water partition coefficient (Wildman–Crippen LogP) is 2.53. The fraction of sp³-hybridized carbons (Fsp3) is 0.600. The van der Waals surface area contributed by atoms with E-state index >= 15 is 0 Å². The van der Waals surface area contributed by atoms with Gasteiger partial charge in [-0.05, 0) is 24.1 Å². The van der Waals surface area contributed by atoms with Crippen molar-refractivity contribution in [3.8, 4) is 5.75 Å². The van der Waals surface area contributed by atoms with E-state index < -0.39 is 0 Å². The Kier molecular flexibility index (Phi) is 8.21. The van der Waals surface area contributed by atoms with Gasteiger partial charge in [-0.3, -0.25) is 0 Å². The van der Waals surface area contributed by atoms with Crippen molar-refractivity contribution in [2.24, 2.45) is 5.73 Å². The average Bonchev–Trinajstić information content (AvgIpc) is 2.46. The Morgan fingerprint density at radius 2 is 2.00 bits per heavy atom. The van der Waals surface area contributed by atoms with Gasteiger partial charge >= 0.3 is 0 Å². The van der Waals surface area contributed by atoms with Crippen LogP contribution in [0.4, 0.5) is 0 Å². The third-order valence-corrected chi connectivity index (χ3v) is 2.86. The quantitative estimate of drug-likeness (QED) is 0.662. The molecule has 0 aliphatic heterocycles. The van der Waals surface area contributed by atoms with Crippen molar-refractivity contribution >= 4 is 0 Å². The molecule has 4 heteroatoms. The normalized spacial score (nSPS) is 12.4. The lowest BCUT2D eigenvalue weighted by Crippen LogP contribution is -2.09. The number of ether oxygens (including phenoxy) is 3. The Morgan fingerprint density at radius 1 is 1.16 bits per heavy atom. The molecule has 0 amide bonds. The van der Waals surface area contributed by atoms with E-state index in [0.717, 1.165) is 24.2 Å². The van der Waals surface area contributed by atoms with Gasteiger partial charge in [0.15, 0.2) is 0 Å². The summed E-state index contributed by atoms with van der Waals surface area (Å²) >= 11 is 0. The first-order chi connectivity index (χ1) is 9.27. The molecule has 1 atom stereocenters. The second kappa shape index (κ2) is 9.78. The van der Waals surface area contributed by atoms with Gasteiger partial charge in [0.25, 0.3) is 0 Å². The third kappa shape index (κ3) is 6.57. The molecule has 0 aromatic heterocycles. The molecule has 1 unspecified atom stereocenters. The smallest absolute Gasteiger partial charge is 0.119 e. The highest BCUT2D eigenvalue weighted by Gasteiger charge is 2.04. The van der Waals surface area contributed by atoms with E-state index in [4.69, 9.17) is 19.9 Å². The van der Waals surface area contributed by atoms with Crippen LogP contribution in [0, 0.1) is 0 Å². The summed E-state index contributed by atoms with van der Waals surface area (Å²) in [7, 11) is 1.67. The average molecular weight is 267 g/mol. The topological polar surface area (TPSA) is 53.7 Å². The van der Waals surface area contributed by atoms with Gasteiger partial charge in [0.2, 0.25) is 0 Å². The largest absolute Gasteiger partial charge is 0.493 e. The molecule has 19 heavy (non-hydrogen) atoms. The fourth-order valence-electron chi connectivity index (χ4n) is 1.67. The van der Waals surface area contributed by atoms with Crippen molar-refractivity contribution in [1.82, 2.24) is 0 Å². The first-order valence-corrected chi connectivity index (χ1v) is 6.83. The molecule has 2 N–H and O–H groups in total. The van der Waals surface area contributed by atoms with Crippen molar-refractivity contribution < 1.29 is 14.2 Å². The molecule has 108 valence electrons. The number of benzene rings is 1. The van der Waals surface area contributed by atoms with E-state index in [9.17, 15) is 0 Å². The molecule has 0 saturated heterocycles. The van der Waals surface area contributed by atoms with Crippen molar-refractivity contribution in [1.29, 1.82) is 0 Å². The van der Waals surface area contributed by atoms with E-state index in [1.54, 1.807) is 7.11 Å². The van der Waals surface area contributed by atoms with Crippen LogP contribution in [-0.2, 0) is 9.47 Å². The highest BCUT2D eigenvalue weighted by molar-refractivity contribution is 5.30. The molecule has 0 aliphatic carbocycles. The fourth-order valence-corrected chi connectivity index (χ4v) is 1.67. The maximum Gasteiger partial charge on any atom is 0.119 e. The summed E-state index contributed by atoms with van der Waals surface area (Å²) in [5, 5.41) is 0. The second-order valence-electron chi connectivity index (χ2n) is 4.39. The van der Waals surface area contributed by atoms with Gasteiger partial charge in [-0.25, -0.2) is 0 Å². The number of hydrogen-bond acceptors (Lipinski definition) is 4. The SMILES string of the molecule is CCC(N)c1cccc(OCCCOCCOC)c1. The van der Waals surface area contributed by atoms with Gasteiger partial charge in [-0.2, -0.15) is 0 Å².